The molecular weight excluding hydrogens is 270 g/mol. The minimum absolute atomic E-state index is 0.247. The van der Waals surface area contributed by atoms with E-state index in [4.69, 9.17) is 9.47 Å². The standard InChI is InChI=1S/C16H25NO2S/c1-3-8-17-16(15-12-20-10-9-19-15)13-6-5-7-14(11-13)18-4-2/h5-7,11,15-17H,3-4,8-10,12H2,1-2H3. The van der Waals surface area contributed by atoms with Gasteiger partial charge in [0.2, 0.25) is 0 Å². The molecule has 0 bridgehead atoms. The Bertz CT molecular complexity index is 394. The van der Waals surface area contributed by atoms with Gasteiger partial charge in [0.15, 0.2) is 0 Å². The Morgan fingerprint density at radius 3 is 3.05 bits per heavy atom. The van der Waals surface area contributed by atoms with E-state index in [0.29, 0.717) is 6.61 Å². The topological polar surface area (TPSA) is 30.5 Å². The summed E-state index contributed by atoms with van der Waals surface area (Å²) < 4.78 is 11.6. The van der Waals surface area contributed by atoms with Crippen LogP contribution < -0.4 is 10.1 Å². The monoisotopic (exact) mass is 295 g/mol. The van der Waals surface area contributed by atoms with Crippen LogP contribution in [0.15, 0.2) is 24.3 Å². The van der Waals surface area contributed by atoms with Gasteiger partial charge in [-0.2, -0.15) is 11.8 Å². The number of hydrogen-bond donors (Lipinski definition) is 1. The number of nitrogens with one attached hydrogen (secondary N) is 1. The predicted octanol–water partition coefficient (Wildman–Crippen LogP) is 3.26. The Morgan fingerprint density at radius 2 is 2.35 bits per heavy atom. The molecule has 1 heterocycles. The number of hydrogen-bond acceptors (Lipinski definition) is 4. The first-order chi connectivity index (χ1) is 9.85. The van der Waals surface area contributed by atoms with E-state index in [1.54, 1.807) is 0 Å². The Kier molecular flexibility index (Phi) is 6.70. The summed E-state index contributed by atoms with van der Waals surface area (Å²) in [6, 6.07) is 8.64. The molecule has 112 valence electrons. The van der Waals surface area contributed by atoms with Gasteiger partial charge in [-0.15, -0.1) is 0 Å². The lowest BCUT2D eigenvalue weighted by molar-refractivity contribution is 0.0467. The van der Waals surface area contributed by atoms with Crippen molar-refractivity contribution in [3.8, 4) is 5.75 Å². The lowest BCUT2D eigenvalue weighted by Gasteiger charge is -2.31. The van der Waals surface area contributed by atoms with Gasteiger partial charge in [-0.05, 0) is 37.6 Å². The van der Waals surface area contributed by atoms with Gasteiger partial charge in [-0.25, -0.2) is 0 Å². The Balaban J connectivity index is 2.13. The quantitative estimate of drug-likeness (QED) is 0.836. The fourth-order valence-electron chi connectivity index (χ4n) is 2.43. The van der Waals surface area contributed by atoms with Gasteiger partial charge in [0.05, 0.1) is 25.4 Å². The zero-order valence-corrected chi connectivity index (χ0v) is 13.2. The van der Waals surface area contributed by atoms with Crippen molar-refractivity contribution in [2.75, 3.05) is 31.3 Å². The molecule has 1 aliphatic heterocycles. The SMILES string of the molecule is CCCNC(c1cccc(OCC)c1)C1CSCCO1. The molecule has 0 aliphatic carbocycles. The highest BCUT2D eigenvalue weighted by Gasteiger charge is 2.26. The molecule has 4 heteroatoms. The fourth-order valence-corrected chi connectivity index (χ4v) is 3.33. The molecule has 0 amide bonds. The zero-order valence-electron chi connectivity index (χ0n) is 12.4. The highest BCUT2D eigenvalue weighted by molar-refractivity contribution is 7.99. The van der Waals surface area contributed by atoms with E-state index >= 15 is 0 Å². The second-order valence-corrected chi connectivity index (χ2v) is 6.07. The van der Waals surface area contributed by atoms with Crippen LogP contribution in [-0.4, -0.2) is 37.4 Å². The van der Waals surface area contributed by atoms with Gasteiger partial charge in [0.1, 0.15) is 5.75 Å². The van der Waals surface area contributed by atoms with E-state index in [-0.39, 0.29) is 12.1 Å². The second kappa shape index (κ2) is 8.55. The maximum atomic E-state index is 5.97. The van der Waals surface area contributed by atoms with Gasteiger partial charge in [0.25, 0.3) is 0 Å². The fraction of sp³-hybridized carbons (Fsp3) is 0.625. The maximum absolute atomic E-state index is 5.97. The minimum Gasteiger partial charge on any atom is -0.494 e. The lowest BCUT2D eigenvalue weighted by atomic mass is 10.0. The van der Waals surface area contributed by atoms with Gasteiger partial charge in [-0.1, -0.05) is 19.1 Å². The summed E-state index contributed by atoms with van der Waals surface area (Å²) in [5, 5.41) is 3.63. The van der Waals surface area contributed by atoms with Crippen LogP contribution in [0.2, 0.25) is 0 Å². The lowest BCUT2D eigenvalue weighted by Crippen LogP contribution is -2.38. The molecule has 1 aromatic carbocycles. The molecule has 1 aromatic rings. The van der Waals surface area contributed by atoms with Gasteiger partial charge >= 0.3 is 0 Å². The van der Waals surface area contributed by atoms with Crippen LogP contribution in [0.25, 0.3) is 0 Å². The molecule has 1 N–H and O–H groups in total. The average molecular weight is 295 g/mol. The Labute approximate surface area is 126 Å². The van der Waals surface area contributed by atoms with Gasteiger partial charge in [0, 0.05) is 11.5 Å². The van der Waals surface area contributed by atoms with Crippen LogP contribution in [0.1, 0.15) is 31.9 Å². The van der Waals surface area contributed by atoms with Gasteiger partial charge < -0.3 is 14.8 Å². The molecule has 0 spiro atoms. The van der Waals surface area contributed by atoms with Crippen molar-refractivity contribution >= 4 is 11.8 Å². The normalized spacial score (nSPS) is 20.6. The number of thioether (sulfide) groups is 1. The van der Waals surface area contributed by atoms with Crippen molar-refractivity contribution < 1.29 is 9.47 Å². The van der Waals surface area contributed by atoms with E-state index in [1.165, 1.54) is 5.56 Å². The number of benzene rings is 1. The largest absolute Gasteiger partial charge is 0.494 e. The number of rotatable bonds is 7. The van der Waals surface area contributed by atoms with Crippen molar-refractivity contribution in [1.82, 2.24) is 5.32 Å². The highest BCUT2D eigenvalue weighted by Crippen LogP contribution is 2.27. The first-order valence-corrected chi connectivity index (χ1v) is 8.66. The third kappa shape index (κ3) is 4.40. The smallest absolute Gasteiger partial charge is 0.119 e. The molecule has 2 rings (SSSR count). The molecule has 2 unspecified atom stereocenters. The van der Waals surface area contributed by atoms with Crippen molar-refractivity contribution in [2.24, 2.45) is 0 Å². The van der Waals surface area contributed by atoms with Crippen molar-refractivity contribution in [3.63, 3.8) is 0 Å². The molecule has 3 nitrogen and oxygen atoms in total. The van der Waals surface area contributed by atoms with E-state index in [1.807, 2.05) is 24.8 Å². The molecule has 0 aromatic heterocycles. The predicted molar refractivity (Wildman–Crippen MR) is 85.7 cm³/mol. The molecule has 20 heavy (non-hydrogen) atoms. The summed E-state index contributed by atoms with van der Waals surface area (Å²) in [4.78, 5) is 0. The van der Waals surface area contributed by atoms with E-state index < -0.39 is 0 Å². The summed E-state index contributed by atoms with van der Waals surface area (Å²) >= 11 is 1.98. The molecule has 2 atom stereocenters. The summed E-state index contributed by atoms with van der Waals surface area (Å²) in [6.45, 7) is 6.77. The van der Waals surface area contributed by atoms with Crippen LogP contribution in [0.3, 0.4) is 0 Å². The van der Waals surface area contributed by atoms with Crippen molar-refractivity contribution in [2.45, 2.75) is 32.4 Å². The van der Waals surface area contributed by atoms with Crippen LogP contribution in [0, 0.1) is 0 Å². The molecule has 1 saturated heterocycles. The zero-order chi connectivity index (χ0) is 14.2. The van der Waals surface area contributed by atoms with Gasteiger partial charge in [-0.3, -0.25) is 0 Å². The van der Waals surface area contributed by atoms with Crippen LogP contribution in [0.5, 0.6) is 5.75 Å². The summed E-state index contributed by atoms with van der Waals surface area (Å²) in [5.41, 5.74) is 1.26. The number of ether oxygens (including phenoxy) is 2. The second-order valence-electron chi connectivity index (χ2n) is 4.92. The van der Waals surface area contributed by atoms with Crippen LogP contribution >= 0.6 is 11.8 Å². The molecule has 0 saturated carbocycles. The van der Waals surface area contributed by atoms with E-state index in [0.717, 1.165) is 36.8 Å². The third-order valence-corrected chi connectivity index (χ3v) is 4.38. The Morgan fingerprint density at radius 1 is 1.45 bits per heavy atom. The summed E-state index contributed by atoms with van der Waals surface area (Å²) in [6.07, 6.45) is 1.37. The minimum atomic E-state index is 0.247. The average Bonchev–Trinajstić information content (AvgIpc) is 2.50. The summed E-state index contributed by atoms with van der Waals surface area (Å²) in [7, 11) is 0. The third-order valence-electron chi connectivity index (χ3n) is 3.36. The van der Waals surface area contributed by atoms with Crippen LogP contribution in [0.4, 0.5) is 0 Å². The molecule has 1 fully saturated rings. The van der Waals surface area contributed by atoms with Crippen molar-refractivity contribution in [3.05, 3.63) is 29.8 Å². The van der Waals surface area contributed by atoms with Crippen LogP contribution in [-0.2, 0) is 4.74 Å². The first kappa shape index (κ1) is 15.7. The highest BCUT2D eigenvalue weighted by atomic mass is 32.2. The van der Waals surface area contributed by atoms with Crippen molar-refractivity contribution in [1.29, 1.82) is 0 Å². The maximum Gasteiger partial charge on any atom is 0.119 e. The molecule has 1 aliphatic rings. The van der Waals surface area contributed by atoms with E-state index in [2.05, 4.69) is 30.4 Å². The molecule has 0 radical (unpaired) electrons. The molecular formula is C16H25NO2S. The van der Waals surface area contributed by atoms with E-state index in [9.17, 15) is 0 Å². The Hall–Kier alpha value is -0.710. The first-order valence-electron chi connectivity index (χ1n) is 7.50. The summed E-state index contributed by atoms with van der Waals surface area (Å²) in [5.74, 6) is 3.10.